The molecular formula is C115H136Br2Cl2O4. The first kappa shape index (κ1) is 91.6. The van der Waals surface area contributed by atoms with E-state index in [1.807, 2.05) is 12.1 Å². The summed E-state index contributed by atoms with van der Waals surface area (Å²) in [5.41, 5.74) is 19.4. The van der Waals surface area contributed by atoms with Crippen molar-refractivity contribution in [3.05, 3.63) is 241 Å². The maximum Gasteiger partial charge on any atom is 0.127 e. The molecule has 12 aromatic carbocycles. The van der Waals surface area contributed by atoms with Gasteiger partial charge in [-0.05, 0) is 334 Å². The van der Waals surface area contributed by atoms with Crippen molar-refractivity contribution >= 4 is 98.2 Å². The summed E-state index contributed by atoms with van der Waals surface area (Å²) in [6, 6.07) is 81.0. The van der Waals surface area contributed by atoms with Crippen LogP contribution < -0.4 is 9.47 Å². The van der Waals surface area contributed by atoms with Crippen LogP contribution in [0.15, 0.2) is 218 Å². The van der Waals surface area contributed by atoms with Crippen LogP contribution in [0.3, 0.4) is 0 Å². The number of halogens is 4. The van der Waals surface area contributed by atoms with E-state index in [4.69, 9.17) is 32.7 Å². The molecule has 0 atom stereocenters. The van der Waals surface area contributed by atoms with Gasteiger partial charge in [-0.15, -0.1) is 23.2 Å². The molecule has 8 heteroatoms. The van der Waals surface area contributed by atoms with Gasteiger partial charge in [0.05, 0.1) is 18.6 Å². The molecule has 648 valence electrons. The standard InChI is InChI=1S/C57H66O2.C50H54O2.C7H14Br2.CH2Cl2/c1-3-10-40-12-16-42(17-13-40)44-20-24-46(25-21-44)48-28-32-52-50(38-48)30-34-54-56(52)57-53-33-29-49(39-51(53)31-35-55(57)59-37-9-7-5-6-8-36-58-54)47-26-22-45(23-27-47)43-18-14-41(11-4-2)15-19-43;1-3-5-33-7-11-35(12-8-33)37-15-19-39(20-16-37)41-23-27-45-43(31-41)25-29-47(51)49(45)50-46-28-24-42(32-44(46)26-30-48(50)52)40-21-17-38(18-22-40)36-13-9-34(6-4-2)10-14-36;8-6-4-2-1-3-5-7-9;2-1-3/h20-35,38-43H,3-19,36-37H2,1-2H3;15-36,51-52H,3-14H2,1-2H3;1-7H2;1H2. The maximum atomic E-state index is 11.3. The molecule has 4 aliphatic carbocycles. The lowest BCUT2D eigenvalue weighted by molar-refractivity contribution is 0.298. The number of unbranched alkanes of at least 4 members (excludes halogenated alkanes) is 4. The fraction of sp³-hybridized carbons (Fsp3) is 0.443. The van der Waals surface area contributed by atoms with Crippen LogP contribution in [0.2, 0.25) is 0 Å². The zero-order valence-electron chi connectivity index (χ0n) is 74.2. The minimum atomic E-state index is 0.171. The number of fused-ring (bicyclic) bond motifs is 9. The molecule has 4 saturated carbocycles. The molecule has 123 heavy (non-hydrogen) atoms. The average Bonchev–Trinajstić information content (AvgIpc) is 0.820. The van der Waals surface area contributed by atoms with Crippen molar-refractivity contribution in [1.82, 2.24) is 0 Å². The summed E-state index contributed by atoms with van der Waals surface area (Å²) in [5, 5.41) is 34.0. The zero-order valence-corrected chi connectivity index (χ0v) is 78.9. The lowest BCUT2D eigenvalue weighted by atomic mass is 9.77. The van der Waals surface area contributed by atoms with Gasteiger partial charge in [-0.3, -0.25) is 0 Å². The fourth-order valence-electron chi connectivity index (χ4n) is 21.6. The average molecular weight is 1810 g/mol. The first-order chi connectivity index (χ1) is 60.5. The lowest BCUT2D eigenvalue weighted by Gasteiger charge is -2.28. The summed E-state index contributed by atoms with van der Waals surface area (Å²) in [4.78, 5) is 0. The summed E-state index contributed by atoms with van der Waals surface area (Å²) in [5.74, 6) is 8.72. The first-order valence-corrected chi connectivity index (χ1v) is 51.3. The number of hydrogen-bond donors (Lipinski definition) is 2. The van der Waals surface area contributed by atoms with Gasteiger partial charge in [-0.1, -0.05) is 319 Å². The van der Waals surface area contributed by atoms with Crippen molar-refractivity contribution in [3.8, 4) is 89.8 Å². The van der Waals surface area contributed by atoms with Crippen molar-refractivity contribution in [2.45, 2.75) is 270 Å². The SMILES string of the molecule is BrCCCCCCCBr.CCCC1CCC(c2ccc(-c3ccc4c(-c5c(O)ccc6cc(-c7ccc(C8CCC(CCC)CC8)cc7)ccc56)c(O)ccc4c3)cc2)CC1.CCCC1CCC(c2ccc(-c3ccc4c5c(ccc4c3)OCCCCCCCOc3ccc4cc(-c6ccc(C7CCC(CCC)CC7)cc6)ccc4c3-5)cc2)CC1.ClCCl. The van der Waals surface area contributed by atoms with E-state index in [0.717, 1.165) is 105 Å². The molecule has 0 bridgehead atoms. The maximum absolute atomic E-state index is 11.3. The molecule has 12 aromatic rings. The predicted molar refractivity (Wildman–Crippen MR) is 539 cm³/mol. The monoisotopic (exact) mass is 1810 g/mol. The van der Waals surface area contributed by atoms with Crippen molar-refractivity contribution in [3.63, 3.8) is 0 Å². The minimum Gasteiger partial charge on any atom is -0.507 e. The molecule has 0 unspecified atom stereocenters. The normalized spacial score (nSPS) is 20.0. The molecule has 0 spiro atoms. The highest BCUT2D eigenvalue weighted by atomic mass is 79.9. The number of alkyl halides is 4. The Kier molecular flexibility index (Phi) is 34.8. The van der Waals surface area contributed by atoms with Crippen LogP contribution in [0, 0.1) is 23.7 Å². The molecule has 1 heterocycles. The molecule has 4 fully saturated rings. The third kappa shape index (κ3) is 23.8. The van der Waals surface area contributed by atoms with Crippen LogP contribution in [0.25, 0.3) is 110 Å². The smallest absolute Gasteiger partial charge is 0.127 e. The number of hydrogen-bond acceptors (Lipinski definition) is 4. The Hall–Kier alpha value is -7.58. The molecule has 0 aromatic heterocycles. The Morgan fingerprint density at radius 2 is 0.512 bits per heavy atom. The van der Waals surface area contributed by atoms with Gasteiger partial charge in [-0.25, -0.2) is 0 Å². The predicted octanol–water partition coefficient (Wildman–Crippen LogP) is 36.6. The summed E-state index contributed by atoms with van der Waals surface area (Å²) >= 11 is 16.3. The zero-order chi connectivity index (χ0) is 85.2. The van der Waals surface area contributed by atoms with Gasteiger partial charge < -0.3 is 19.7 Å². The van der Waals surface area contributed by atoms with Gasteiger partial charge in [0.1, 0.15) is 23.0 Å². The molecule has 0 amide bonds. The molecule has 0 radical (unpaired) electrons. The summed E-state index contributed by atoms with van der Waals surface area (Å²) in [7, 11) is 0. The molecular weight excluding hydrogens is 1680 g/mol. The van der Waals surface area contributed by atoms with E-state index in [1.54, 1.807) is 12.1 Å². The van der Waals surface area contributed by atoms with E-state index < -0.39 is 0 Å². The van der Waals surface area contributed by atoms with E-state index in [1.165, 1.54) is 293 Å². The molecule has 17 rings (SSSR count). The highest BCUT2D eigenvalue weighted by Crippen LogP contribution is 2.51. The van der Waals surface area contributed by atoms with Gasteiger partial charge in [0, 0.05) is 32.9 Å². The summed E-state index contributed by atoms with van der Waals surface area (Å²) in [6.07, 6.45) is 44.9. The molecule has 4 nitrogen and oxygen atoms in total. The Balaban J connectivity index is 0.000000178. The largest absolute Gasteiger partial charge is 0.507 e. The Bertz CT molecular complexity index is 4950. The summed E-state index contributed by atoms with van der Waals surface area (Å²) in [6.45, 7) is 10.7. The number of phenolic OH excluding ortho intramolecular Hbond substituents is 2. The van der Waals surface area contributed by atoms with Crippen molar-refractivity contribution in [2.24, 2.45) is 23.7 Å². The number of phenols is 2. The highest BCUT2D eigenvalue weighted by molar-refractivity contribution is 9.09. The second-order valence-electron chi connectivity index (χ2n) is 36.8. The van der Waals surface area contributed by atoms with Gasteiger partial charge in [0.15, 0.2) is 0 Å². The quantitative estimate of drug-likeness (QED) is 0.0495. The van der Waals surface area contributed by atoms with Crippen LogP contribution in [0.5, 0.6) is 23.0 Å². The van der Waals surface area contributed by atoms with Crippen molar-refractivity contribution in [1.29, 1.82) is 0 Å². The Labute approximate surface area is 764 Å². The van der Waals surface area contributed by atoms with Gasteiger partial charge in [0.25, 0.3) is 0 Å². The van der Waals surface area contributed by atoms with Crippen LogP contribution in [0.4, 0.5) is 0 Å². The molecule has 0 saturated heterocycles. The van der Waals surface area contributed by atoms with Gasteiger partial charge >= 0.3 is 0 Å². The second kappa shape index (κ2) is 46.8. The van der Waals surface area contributed by atoms with Crippen molar-refractivity contribution < 1.29 is 19.7 Å². The van der Waals surface area contributed by atoms with E-state index in [-0.39, 0.29) is 16.8 Å². The number of aromatic hydroxyl groups is 2. The first-order valence-electron chi connectivity index (χ1n) is 48.0. The summed E-state index contributed by atoms with van der Waals surface area (Å²) < 4.78 is 13.5. The minimum absolute atomic E-state index is 0.171. The van der Waals surface area contributed by atoms with Crippen LogP contribution in [-0.4, -0.2) is 39.4 Å². The van der Waals surface area contributed by atoms with E-state index >= 15 is 0 Å². The van der Waals surface area contributed by atoms with E-state index in [9.17, 15) is 10.2 Å². The van der Waals surface area contributed by atoms with Crippen LogP contribution in [0.1, 0.15) is 292 Å². The van der Waals surface area contributed by atoms with E-state index in [2.05, 4.69) is 254 Å². The Morgan fingerprint density at radius 3 is 0.772 bits per heavy atom. The van der Waals surface area contributed by atoms with Crippen LogP contribution >= 0.6 is 55.1 Å². The van der Waals surface area contributed by atoms with Gasteiger partial charge in [-0.2, -0.15) is 0 Å². The van der Waals surface area contributed by atoms with E-state index in [0.29, 0.717) is 34.8 Å². The molecule has 1 aliphatic heterocycles. The number of ether oxygens (including phenoxy) is 2. The topological polar surface area (TPSA) is 58.9 Å². The molecule has 5 aliphatic rings. The number of benzene rings is 12. The number of rotatable bonds is 23. The lowest BCUT2D eigenvalue weighted by Crippen LogP contribution is -2.13. The molecule has 2 N–H and O–H groups in total. The fourth-order valence-corrected chi connectivity index (χ4v) is 22.4. The Morgan fingerprint density at radius 1 is 0.276 bits per heavy atom. The third-order valence-corrected chi connectivity index (χ3v) is 29.7. The second-order valence-corrected chi connectivity index (χ2v) is 39.2. The van der Waals surface area contributed by atoms with Gasteiger partial charge in [0.2, 0.25) is 0 Å². The van der Waals surface area contributed by atoms with Crippen LogP contribution in [-0.2, 0) is 0 Å². The third-order valence-electron chi connectivity index (χ3n) is 28.6. The highest BCUT2D eigenvalue weighted by Gasteiger charge is 2.29. The van der Waals surface area contributed by atoms with Crippen molar-refractivity contribution in [2.75, 3.05) is 29.2 Å².